The predicted octanol–water partition coefficient (Wildman–Crippen LogP) is 3.06. The van der Waals surface area contributed by atoms with Gasteiger partial charge in [-0.1, -0.05) is 6.07 Å². The molecule has 0 amide bonds. The van der Waals surface area contributed by atoms with Crippen molar-refractivity contribution in [3.8, 4) is 0 Å². The van der Waals surface area contributed by atoms with E-state index in [1.807, 2.05) is 0 Å². The Morgan fingerprint density at radius 3 is 2.77 bits per heavy atom. The van der Waals surface area contributed by atoms with E-state index in [9.17, 15) is 23.2 Å². The third kappa shape index (κ3) is 3.30. The molecule has 0 unspecified atom stereocenters. The summed E-state index contributed by atoms with van der Waals surface area (Å²) in [5.41, 5.74) is -0.325. The molecule has 0 saturated heterocycles. The number of hydrogen-bond acceptors (Lipinski definition) is 6. The first-order chi connectivity index (χ1) is 12.4. The van der Waals surface area contributed by atoms with Gasteiger partial charge in [0.15, 0.2) is 5.69 Å². The highest BCUT2D eigenvalue weighted by Gasteiger charge is 2.34. The second-order valence-corrected chi connectivity index (χ2v) is 6.29. The quantitative estimate of drug-likeness (QED) is 0.805. The summed E-state index contributed by atoms with van der Waals surface area (Å²) in [7, 11) is 0. The Morgan fingerprint density at radius 2 is 2.08 bits per heavy atom. The van der Waals surface area contributed by atoms with E-state index in [1.54, 1.807) is 6.92 Å². The highest BCUT2D eigenvalue weighted by Crippen LogP contribution is 2.32. The maximum Gasteiger partial charge on any atom is 0.357 e. The molecular formula is C17H12F2N2O4S. The van der Waals surface area contributed by atoms with Crippen molar-refractivity contribution in [1.82, 2.24) is 10.2 Å². The van der Waals surface area contributed by atoms with Crippen molar-refractivity contribution in [2.45, 2.75) is 12.7 Å². The van der Waals surface area contributed by atoms with Gasteiger partial charge in [-0.3, -0.25) is 14.7 Å². The number of allylic oxidation sites excluding steroid dienone is 2. The molecule has 0 radical (unpaired) electrons. The number of hydrogen-bond donors (Lipinski definition) is 1. The van der Waals surface area contributed by atoms with Gasteiger partial charge in [0, 0.05) is 17.9 Å². The van der Waals surface area contributed by atoms with E-state index in [2.05, 4.69) is 10.2 Å². The summed E-state index contributed by atoms with van der Waals surface area (Å²) in [6.07, 6.45) is 1.09. The van der Waals surface area contributed by atoms with Crippen molar-refractivity contribution in [2.24, 2.45) is 0 Å². The van der Waals surface area contributed by atoms with E-state index in [0.29, 0.717) is 0 Å². The predicted molar refractivity (Wildman–Crippen MR) is 88.9 cm³/mol. The van der Waals surface area contributed by atoms with Crippen molar-refractivity contribution >= 4 is 29.3 Å². The van der Waals surface area contributed by atoms with Gasteiger partial charge in [0.1, 0.15) is 17.3 Å². The number of H-pyrrole nitrogens is 1. The summed E-state index contributed by atoms with van der Waals surface area (Å²) >= 11 is 0.918. The number of rotatable bonds is 5. The fourth-order valence-corrected chi connectivity index (χ4v) is 3.34. The van der Waals surface area contributed by atoms with E-state index in [0.717, 1.165) is 30.0 Å². The van der Waals surface area contributed by atoms with Gasteiger partial charge in [-0.2, -0.15) is 5.10 Å². The highest BCUT2D eigenvalue weighted by molar-refractivity contribution is 8.03. The Labute approximate surface area is 150 Å². The van der Waals surface area contributed by atoms with Gasteiger partial charge in [0.25, 0.3) is 0 Å². The molecule has 1 N–H and O–H groups in total. The average molecular weight is 378 g/mol. The minimum Gasteiger partial charge on any atom is -0.461 e. The number of fused-ring (bicyclic) bond motifs is 1. The Balaban J connectivity index is 1.85. The number of esters is 1. The third-order valence-electron chi connectivity index (χ3n) is 3.59. The number of aromatic nitrogens is 2. The minimum absolute atomic E-state index is 0.0128. The van der Waals surface area contributed by atoms with Crippen molar-refractivity contribution in [2.75, 3.05) is 6.61 Å². The van der Waals surface area contributed by atoms with Gasteiger partial charge >= 0.3 is 5.97 Å². The van der Waals surface area contributed by atoms with Crippen LogP contribution in [0.1, 0.15) is 43.8 Å². The maximum atomic E-state index is 13.7. The standard InChI is InChI=1S/C17H12F2N2O4S/c1-2-25-17(24)15-13-14(20-21-15)11(22)6-12(16(13)23)26-7-8-3-4-9(18)5-10(8)19/h3-6H,2,7H2,1H3,(H,20,21). The molecule has 1 aromatic heterocycles. The zero-order chi connectivity index (χ0) is 18.8. The lowest BCUT2D eigenvalue weighted by Crippen LogP contribution is -2.18. The topological polar surface area (TPSA) is 89.1 Å². The van der Waals surface area contributed by atoms with Crippen molar-refractivity contribution in [3.63, 3.8) is 0 Å². The summed E-state index contributed by atoms with van der Waals surface area (Å²) in [6, 6.07) is 3.11. The number of nitrogens with one attached hydrogen (secondary N) is 1. The maximum absolute atomic E-state index is 13.7. The summed E-state index contributed by atoms with van der Waals surface area (Å²) in [5.74, 6) is -3.36. The molecule has 1 aromatic carbocycles. The fourth-order valence-electron chi connectivity index (χ4n) is 2.37. The number of aromatic amines is 1. The third-order valence-corrected chi connectivity index (χ3v) is 4.66. The molecule has 2 aromatic rings. The summed E-state index contributed by atoms with van der Waals surface area (Å²) < 4.78 is 31.5. The smallest absolute Gasteiger partial charge is 0.357 e. The molecule has 0 aliphatic heterocycles. The monoisotopic (exact) mass is 378 g/mol. The Bertz CT molecular complexity index is 952. The van der Waals surface area contributed by atoms with Gasteiger partial charge in [-0.05, 0) is 18.6 Å². The molecule has 0 fully saturated rings. The van der Waals surface area contributed by atoms with Gasteiger partial charge in [-0.25, -0.2) is 13.6 Å². The SMILES string of the molecule is CCOC(=O)c1[nH]nc2c1C(=O)C(SCc1ccc(F)cc1F)=CC2=O. The number of nitrogens with zero attached hydrogens (tertiary/aromatic N) is 1. The van der Waals surface area contributed by atoms with Crippen LogP contribution in [-0.2, 0) is 10.5 Å². The molecule has 3 rings (SSSR count). The van der Waals surface area contributed by atoms with Crippen LogP contribution in [0.25, 0.3) is 0 Å². The zero-order valence-electron chi connectivity index (χ0n) is 13.5. The molecule has 1 heterocycles. The minimum atomic E-state index is -0.793. The van der Waals surface area contributed by atoms with Crippen molar-refractivity contribution in [1.29, 1.82) is 0 Å². The van der Waals surface area contributed by atoms with Crippen LogP contribution in [-0.4, -0.2) is 34.3 Å². The molecular weight excluding hydrogens is 366 g/mol. The summed E-state index contributed by atoms with van der Waals surface area (Å²) in [4.78, 5) is 36.8. The number of ether oxygens (including phenoxy) is 1. The van der Waals surface area contributed by atoms with Crippen LogP contribution in [0.4, 0.5) is 8.78 Å². The van der Waals surface area contributed by atoms with Crippen LogP contribution in [0.3, 0.4) is 0 Å². The fraction of sp³-hybridized carbons (Fsp3) is 0.176. The first kappa shape index (κ1) is 18.0. The summed E-state index contributed by atoms with van der Waals surface area (Å²) in [6.45, 7) is 1.70. The number of ketones is 2. The highest BCUT2D eigenvalue weighted by atomic mass is 32.2. The molecule has 134 valence electrons. The number of Topliss-reactive ketones (excluding diaryl/α,β-unsaturated/α-hetero) is 1. The van der Waals surface area contributed by atoms with Crippen LogP contribution in [0.2, 0.25) is 0 Å². The van der Waals surface area contributed by atoms with Gasteiger partial charge in [0.05, 0.1) is 17.1 Å². The van der Waals surface area contributed by atoms with Crippen molar-refractivity contribution < 1.29 is 27.9 Å². The van der Waals surface area contributed by atoms with E-state index in [1.165, 1.54) is 6.07 Å². The van der Waals surface area contributed by atoms with Crippen LogP contribution in [0.5, 0.6) is 0 Å². The number of benzene rings is 1. The Kier molecular flexibility index (Phi) is 4.99. The van der Waals surface area contributed by atoms with Gasteiger partial charge in [0.2, 0.25) is 11.6 Å². The second-order valence-electron chi connectivity index (χ2n) is 5.27. The lowest BCUT2D eigenvalue weighted by atomic mass is 9.99. The van der Waals surface area contributed by atoms with E-state index in [-0.39, 0.29) is 39.8 Å². The molecule has 0 saturated carbocycles. The molecule has 0 bridgehead atoms. The molecule has 6 nitrogen and oxygen atoms in total. The van der Waals surface area contributed by atoms with Gasteiger partial charge < -0.3 is 4.74 Å². The Morgan fingerprint density at radius 1 is 1.31 bits per heavy atom. The zero-order valence-corrected chi connectivity index (χ0v) is 14.3. The first-order valence-electron chi connectivity index (χ1n) is 7.55. The van der Waals surface area contributed by atoms with Crippen LogP contribution < -0.4 is 0 Å². The largest absolute Gasteiger partial charge is 0.461 e. The number of carbonyl (C=O) groups is 3. The molecule has 26 heavy (non-hydrogen) atoms. The van der Waals surface area contributed by atoms with Crippen LogP contribution in [0.15, 0.2) is 29.2 Å². The Hall–Kier alpha value is -2.81. The lowest BCUT2D eigenvalue weighted by molar-refractivity contribution is 0.0516. The lowest BCUT2D eigenvalue weighted by Gasteiger charge is -2.12. The molecule has 0 atom stereocenters. The second kappa shape index (κ2) is 7.20. The molecule has 9 heteroatoms. The average Bonchev–Trinajstić information content (AvgIpc) is 3.04. The number of halogens is 2. The molecule has 1 aliphatic carbocycles. The van der Waals surface area contributed by atoms with E-state index < -0.39 is 29.2 Å². The molecule has 0 spiro atoms. The normalized spacial score (nSPS) is 13.4. The summed E-state index contributed by atoms with van der Waals surface area (Å²) in [5, 5.41) is 6.08. The first-order valence-corrected chi connectivity index (χ1v) is 8.53. The van der Waals surface area contributed by atoms with Crippen molar-refractivity contribution in [3.05, 3.63) is 63.3 Å². The molecule has 1 aliphatic rings. The van der Waals surface area contributed by atoms with Crippen LogP contribution >= 0.6 is 11.8 Å². The van der Waals surface area contributed by atoms with Gasteiger partial charge in [-0.15, -0.1) is 11.8 Å². The van der Waals surface area contributed by atoms with E-state index >= 15 is 0 Å². The number of thioether (sulfide) groups is 1. The number of carbonyl (C=O) groups excluding carboxylic acids is 3. The van der Waals surface area contributed by atoms with Crippen LogP contribution in [0, 0.1) is 11.6 Å². The van der Waals surface area contributed by atoms with E-state index in [4.69, 9.17) is 4.74 Å².